The highest BCUT2D eigenvalue weighted by Crippen LogP contribution is 2.38. The first-order valence-corrected chi connectivity index (χ1v) is 28.5. The number of phosphoric acid groups is 1. The summed E-state index contributed by atoms with van der Waals surface area (Å²) in [4.78, 5) is 25.3. The molecule has 0 aliphatic heterocycles. The number of allylic oxidation sites excluding steroid dienone is 7. The van der Waals surface area contributed by atoms with E-state index in [0.29, 0.717) is 17.4 Å². The fourth-order valence-corrected chi connectivity index (χ4v) is 8.44. The monoisotopic (exact) mass is 921 g/mol. The van der Waals surface area contributed by atoms with Crippen LogP contribution in [0.25, 0.3) is 0 Å². The fourth-order valence-electron chi connectivity index (χ4n) is 7.72. The number of carbonyl (C=O) groups excluding carboxylic acids is 1. The number of unbranched alkanes of at least 4 members (excludes halogenated alkanes) is 30. The molecule has 376 valence electrons. The molecule has 2 N–H and O–H groups in total. The van der Waals surface area contributed by atoms with Gasteiger partial charge in [-0.05, 0) is 64.2 Å². The molecular weight excluding hydrogens is 816 g/mol. The minimum absolute atomic E-state index is 0.00901. The van der Waals surface area contributed by atoms with E-state index >= 15 is 0 Å². The van der Waals surface area contributed by atoms with Gasteiger partial charge in [0.2, 0.25) is 5.91 Å². The van der Waals surface area contributed by atoms with Crippen molar-refractivity contribution in [3.8, 4) is 0 Å². The van der Waals surface area contributed by atoms with Crippen LogP contribution in [-0.4, -0.2) is 68.5 Å². The second kappa shape index (κ2) is 46.6. The largest absolute Gasteiger partial charge is 0.756 e. The number of phosphoric ester groups is 1. The van der Waals surface area contributed by atoms with Gasteiger partial charge in [0.05, 0.1) is 39.9 Å². The second-order valence-electron chi connectivity index (χ2n) is 19.6. The lowest BCUT2D eigenvalue weighted by atomic mass is 10.0. The summed E-state index contributed by atoms with van der Waals surface area (Å²) in [5.41, 5.74) is 0. The minimum atomic E-state index is -4.60. The molecule has 3 unspecified atom stereocenters. The zero-order chi connectivity index (χ0) is 47.1. The number of likely N-dealkylation sites (N-methyl/N-ethyl adjacent to an activating group) is 1. The van der Waals surface area contributed by atoms with Gasteiger partial charge in [-0.2, -0.15) is 0 Å². The molecule has 0 saturated heterocycles. The van der Waals surface area contributed by atoms with Crippen LogP contribution in [0.3, 0.4) is 0 Å². The Bertz CT molecular complexity index is 1180. The Morgan fingerprint density at radius 1 is 0.531 bits per heavy atom. The molecule has 0 aromatic rings. The lowest BCUT2D eigenvalue weighted by Crippen LogP contribution is -2.45. The molecule has 8 nitrogen and oxygen atoms in total. The lowest BCUT2D eigenvalue weighted by molar-refractivity contribution is -0.870. The van der Waals surface area contributed by atoms with Crippen LogP contribution in [0.5, 0.6) is 0 Å². The predicted molar refractivity (Wildman–Crippen MR) is 274 cm³/mol. The molecule has 1 amide bonds. The molecule has 3 atom stereocenters. The highest BCUT2D eigenvalue weighted by molar-refractivity contribution is 7.45. The third-order valence-electron chi connectivity index (χ3n) is 12.0. The van der Waals surface area contributed by atoms with Crippen molar-refractivity contribution in [1.82, 2.24) is 5.32 Å². The number of aliphatic hydroxyl groups excluding tert-OH is 1. The Kier molecular flexibility index (Phi) is 45.4. The van der Waals surface area contributed by atoms with Crippen LogP contribution >= 0.6 is 7.82 Å². The highest BCUT2D eigenvalue weighted by Gasteiger charge is 2.23. The number of nitrogens with one attached hydrogen (secondary N) is 1. The van der Waals surface area contributed by atoms with Crippen molar-refractivity contribution in [1.29, 1.82) is 0 Å². The van der Waals surface area contributed by atoms with E-state index in [1.807, 2.05) is 27.2 Å². The molecule has 0 aromatic heterocycles. The zero-order valence-electron chi connectivity index (χ0n) is 42.7. The molecule has 0 rings (SSSR count). The maximum atomic E-state index is 12.9. The predicted octanol–water partition coefficient (Wildman–Crippen LogP) is 15.3. The third kappa shape index (κ3) is 48.4. The third-order valence-corrected chi connectivity index (χ3v) is 12.9. The lowest BCUT2D eigenvalue weighted by Gasteiger charge is -2.29. The van der Waals surface area contributed by atoms with Crippen LogP contribution in [0.15, 0.2) is 48.6 Å². The summed E-state index contributed by atoms with van der Waals surface area (Å²) in [5, 5.41) is 13.8. The molecule has 0 fully saturated rings. The Morgan fingerprint density at radius 3 is 1.33 bits per heavy atom. The van der Waals surface area contributed by atoms with Gasteiger partial charge >= 0.3 is 0 Å². The zero-order valence-corrected chi connectivity index (χ0v) is 43.6. The van der Waals surface area contributed by atoms with Gasteiger partial charge < -0.3 is 28.8 Å². The van der Waals surface area contributed by atoms with Gasteiger partial charge in [0.1, 0.15) is 13.2 Å². The molecule has 9 heteroatoms. The van der Waals surface area contributed by atoms with E-state index in [-0.39, 0.29) is 12.5 Å². The summed E-state index contributed by atoms with van der Waals surface area (Å²) < 4.78 is 23.2. The van der Waals surface area contributed by atoms with Crippen molar-refractivity contribution in [2.45, 2.75) is 257 Å². The molecule has 0 aromatic carbocycles. The van der Waals surface area contributed by atoms with Crippen molar-refractivity contribution in [2.75, 3.05) is 40.9 Å². The SMILES string of the molecule is CCC/C=C/CC/C=C/CC/C=C/C(O)C(COP(=O)([O-])OCC[N+](C)(C)C)NC(=O)CCCCCCCCCCCCCCCCCCCCC/C=C\CCCCCCCCCC. The van der Waals surface area contributed by atoms with E-state index in [9.17, 15) is 19.4 Å². The van der Waals surface area contributed by atoms with Crippen LogP contribution in [-0.2, 0) is 18.4 Å². The number of amides is 1. The van der Waals surface area contributed by atoms with Crippen molar-refractivity contribution < 1.29 is 32.9 Å². The van der Waals surface area contributed by atoms with Gasteiger partial charge in [-0.1, -0.05) is 223 Å². The number of carbonyl (C=O) groups is 1. The van der Waals surface area contributed by atoms with Crippen molar-refractivity contribution in [3.63, 3.8) is 0 Å². The summed E-state index contributed by atoms with van der Waals surface area (Å²) in [6, 6.07) is -0.907. The van der Waals surface area contributed by atoms with Gasteiger partial charge in [0, 0.05) is 6.42 Å². The van der Waals surface area contributed by atoms with Crippen LogP contribution in [0.2, 0.25) is 0 Å². The molecular formula is C55H105N2O6P. The molecule has 0 heterocycles. The summed E-state index contributed by atoms with van der Waals surface area (Å²) in [6.45, 7) is 4.55. The van der Waals surface area contributed by atoms with Gasteiger partial charge in [-0.25, -0.2) is 0 Å². The molecule has 0 aliphatic carbocycles. The molecule has 0 saturated carbocycles. The topological polar surface area (TPSA) is 108 Å². The van der Waals surface area contributed by atoms with Crippen LogP contribution in [0.4, 0.5) is 0 Å². The van der Waals surface area contributed by atoms with Crippen molar-refractivity contribution in [2.24, 2.45) is 0 Å². The average molecular weight is 921 g/mol. The van der Waals surface area contributed by atoms with Gasteiger partial charge in [-0.15, -0.1) is 0 Å². The first-order chi connectivity index (χ1) is 31.0. The van der Waals surface area contributed by atoms with Gasteiger partial charge in [-0.3, -0.25) is 9.36 Å². The quantitative estimate of drug-likeness (QED) is 0.0272. The van der Waals surface area contributed by atoms with E-state index < -0.39 is 26.6 Å². The minimum Gasteiger partial charge on any atom is -0.756 e. The maximum absolute atomic E-state index is 12.9. The first kappa shape index (κ1) is 62.5. The van der Waals surface area contributed by atoms with E-state index in [1.165, 1.54) is 173 Å². The Hall–Kier alpha value is -1.54. The van der Waals surface area contributed by atoms with Crippen LogP contribution < -0.4 is 10.2 Å². The molecule has 0 radical (unpaired) electrons. The summed E-state index contributed by atoms with van der Waals surface area (Å²) in [6.07, 6.45) is 60.7. The van der Waals surface area contributed by atoms with Gasteiger partial charge in [0.25, 0.3) is 7.82 Å². The van der Waals surface area contributed by atoms with Crippen LogP contribution in [0, 0.1) is 0 Å². The number of aliphatic hydroxyl groups is 1. The Balaban J connectivity index is 4.02. The highest BCUT2D eigenvalue weighted by atomic mass is 31.2. The van der Waals surface area contributed by atoms with Crippen molar-refractivity contribution in [3.05, 3.63) is 48.6 Å². The average Bonchev–Trinajstić information content (AvgIpc) is 3.25. The number of quaternary nitrogens is 1. The van der Waals surface area contributed by atoms with E-state index in [0.717, 1.165) is 51.4 Å². The Morgan fingerprint density at radius 2 is 0.906 bits per heavy atom. The second-order valence-corrected chi connectivity index (χ2v) is 21.0. The molecule has 0 spiro atoms. The Labute approximate surface area is 397 Å². The van der Waals surface area contributed by atoms with Crippen molar-refractivity contribution >= 4 is 13.7 Å². The standard InChI is InChI=1S/C55H105N2O6P/c1-6-8-10-12-14-16-18-19-20-21-22-23-24-25-26-27-28-29-30-31-32-33-34-35-36-37-39-41-43-45-47-49-55(59)56-53(52-63-64(60,61)62-51-50-57(3,4)5)54(58)48-46-44-42-40-38-17-15-13-11-9-7-2/h11,13,21-22,38,40,46,48,53-54,58H,6-10,12,14-20,23-37,39,41-45,47,49-52H2,1-5H3,(H-,56,59,60,61)/b13-11+,22-21-,40-38+,48-46+. The number of nitrogens with zero attached hydrogens (tertiary/aromatic N) is 1. The molecule has 64 heavy (non-hydrogen) atoms. The van der Waals surface area contributed by atoms with E-state index in [4.69, 9.17) is 9.05 Å². The number of rotatable bonds is 49. The van der Waals surface area contributed by atoms with E-state index in [2.05, 4.69) is 55.6 Å². The van der Waals surface area contributed by atoms with Crippen LogP contribution in [0.1, 0.15) is 245 Å². The molecule has 0 aliphatic rings. The summed E-state index contributed by atoms with van der Waals surface area (Å²) in [5.74, 6) is -0.211. The summed E-state index contributed by atoms with van der Waals surface area (Å²) >= 11 is 0. The fraction of sp³-hybridized carbons (Fsp3) is 0.836. The smallest absolute Gasteiger partial charge is 0.268 e. The number of hydrogen-bond donors (Lipinski definition) is 2. The maximum Gasteiger partial charge on any atom is 0.268 e. The molecule has 0 bridgehead atoms. The first-order valence-electron chi connectivity index (χ1n) is 27.0. The van der Waals surface area contributed by atoms with E-state index in [1.54, 1.807) is 6.08 Å². The number of hydrogen-bond acceptors (Lipinski definition) is 6. The van der Waals surface area contributed by atoms with Gasteiger partial charge in [0.15, 0.2) is 0 Å². The summed E-state index contributed by atoms with van der Waals surface area (Å²) in [7, 11) is 1.24. The normalized spacial score (nSPS) is 14.4.